The molecule has 1 N–H and O–H groups in total. The number of likely N-dealkylation sites (tertiary alicyclic amines) is 1. The minimum absolute atomic E-state index is 0.0421. The number of carbonyl (C=O) groups is 2. The summed E-state index contributed by atoms with van der Waals surface area (Å²) in [4.78, 5) is 28.7. The topological polar surface area (TPSA) is 80.3 Å². The van der Waals surface area contributed by atoms with Crippen LogP contribution in [0.5, 0.6) is 0 Å². The second-order valence-electron chi connectivity index (χ2n) is 9.50. The van der Waals surface area contributed by atoms with Crippen LogP contribution in [0.15, 0.2) is 18.2 Å². The molecule has 4 aliphatic rings. The standard InChI is InChI=1S/C23H27F4N3O5/c24-18-5-14(23(25,26)27)2-1-13(18)9-34-17-6-15-10-33-11-16(7-17)30(15)22(32)29-4-3-20-19(8-29)28-21(31)12-35-20/h1-2,5,15-17,19-20H,3-4,6-12H2,(H,28,31)/t15-,16+,17?,19-,20+/m1/s1. The third kappa shape index (κ3) is 5.10. The van der Waals surface area contributed by atoms with Gasteiger partial charge in [0.25, 0.3) is 0 Å². The van der Waals surface area contributed by atoms with Crippen molar-refractivity contribution in [3.63, 3.8) is 0 Å². The maximum atomic E-state index is 14.2. The Morgan fingerprint density at radius 1 is 1.20 bits per heavy atom. The van der Waals surface area contributed by atoms with E-state index in [1.165, 1.54) is 0 Å². The van der Waals surface area contributed by atoms with Crippen molar-refractivity contribution in [2.24, 2.45) is 0 Å². The third-order valence-corrected chi connectivity index (χ3v) is 7.15. The van der Waals surface area contributed by atoms with Crippen LogP contribution in [0.25, 0.3) is 0 Å². The molecule has 1 unspecified atom stereocenters. The molecule has 8 nitrogen and oxygen atoms in total. The van der Waals surface area contributed by atoms with Crippen LogP contribution < -0.4 is 5.32 Å². The molecule has 3 amide bonds. The van der Waals surface area contributed by atoms with Gasteiger partial charge in [0, 0.05) is 18.7 Å². The van der Waals surface area contributed by atoms with Crippen molar-refractivity contribution in [2.45, 2.75) is 62.4 Å². The molecule has 12 heteroatoms. The largest absolute Gasteiger partial charge is 0.416 e. The van der Waals surface area contributed by atoms with Crippen LogP contribution in [0, 0.1) is 5.82 Å². The molecule has 2 bridgehead atoms. The number of benzene rings is 1. The Morgan fingerprint density at radius 2 is 1.94 bits per heavy atom. The lowest BCUT2D eigenvalue weighted by atomic mass is 9.91. The molecule has 0 aliphatic carbocycles. The van der Waals surface area contributed by atoms with Crippen molar-refractivity contribution < 1.29 is 41.4 Å². The van der Waals surface area contributed by atoms with Gasteiger partial charge in [-0.2, -0.15) is 13.2 Å². The first kappa shape index (κ1) is 24.3. The van der Waals surface area contributed by atoms with E-state index in [2.05, 4.69) is 5.32 Å². The zero-order valence-electron chi connectivity index (χ0n) is 18.9. The van der Waals surface area contributed by atoms with Crippen LogP contribution in [0.2, 0.25) is 0 Å². The number of nitrogens with zero attached hydrogens (tertiary/aromatic N) is 2. The number of hydrogen-bond acceptors (Lipinski definition) is 5. The molecule has 5 atom stereocenters. The first-order chi connectivity index (χ1) is 16.7. The van der Waals surface area contributed by atoms with Gasteiger partial charge in [-0.25, -0.2) is 9.18 Å². The number of rotatable bonds is 3. The van der Waals surface area contributed by atoms with Crippen molar-refractivity contribution >= 4 is 11.9 Å². The predicted octanol–water partition coefficient (Wildman–Crippen LogP) is 2.30. The lowest BCUT2D eigenvalue weighted by Gasteiger charge is -2.51. The van der Waals surface area contributed by atoms with E-state index in [4.69, 9.17) is 14.2 Å². The number of carbonyl (C=O) groups excluding carboxylic acids is 2. The van der Waals surface area contributed by atoms with E-state index in [0.717, 1.165) is 12.1 Å². The summed E-state index contributed by atoms with van der Waals surface area (Å²) >= 11 is 0. The molecule has 5 rings (SSSR count). The maximum Gasteiger partial charge on any atom is 0.416 e. The van der Waals surface area contributed by atoms with Gasteiger partial charge in [0.2, 0.25) is 5.91 Å². The molecule has 0 aromatic heterocycles. The Kier molecular flexibility index (Phi) is 6.62. The lowest BCUT2D eigenvalue weighted by Crippen LogP contribution is -2.66. The molecule has 4 fully saturated rings. The van der Waals surface area contributed by atoms with E-state index in [0.29, 0.717) is 51.6 Å². The van der Waals surface area contributed by atoms with Crippen LogP contribution >= 0.6 is 0 Å². The highest BCUT2D eigenvalue weighted by Gasteiger charge is 2.45. The molecule has 192 valence electrons. The summed E-state index contributed by atoms with van der Waals surface area (Å²) in [6.45, 7) is 1.48. The zero-order chi connectivity index (χ0) is 24.7. The van der Waals surface area contributed by atoms with E-state index in [1.807, 2.05) is 4.90 Å². The van der Waals surface area contributed by atoms with Gasteiger partial charge in [-0.1, -0.05) is 6.07 Å². The minimum atomic E-state index is -4.61. The summed E-state index contributed by atoms with van der Waals surface area (Å²) < 4.78 is 69.6. The number of hydrogen-bond donors (Lipinski definition) is 1. The van der Waals surface area contributed by atoms with Crippen molar-refractivity contribution in [1.82, 2.24) is 15.1 Å². The molecule has 35 heavy (non-hydrogen) atoms. The number of amides is 3. The van der Waals surface area contributed by atoms with Crippen LogP contribution in [0.3, 0.4) is 0 Å². The van der Waals surface area contributed by atoms with E-state index in [1.54, 1.807) is 4.90 Å². The second-order valence-corrected chi connectivity index (χ2v) is 9.50. The molecule has 4 aliphatic heterocycles. The summed E-state index contributed by atoms with van der Waals surface area (Å²) in [7, 11) is 0. The van der Waals surface area contributed by atoms with E-state index in [-0.39, 0.29) is 61.0 Å². The molecular formula is C23H27F4N3O5. The van der Waals surface area contributed by atoms with Gasteiger partial charge < -0.3 is 29.3 Å². The smallest absolute Gasteiger partial charge is 0.377 e. The maximum absolute atomic E-state index is 14.2. The number of morpholine rings is 2. The van der Waals surface area contributed by atoms with Crippen molar-refractivity contribution in [3.8, 4) is 0 Å². The Bertz CT molecular complexity index is 963. The number of alkyl halides is 3. The summed E-state index contributed by atoms with van der Waals surface area (Å²) in [5.74, 6) is -1.15. The highest BCUT2D eigenvalue weighted by atomic mass is 19.4. The van der Waals surface area contributed by atoms with Gasteiger partial charge in [-0.05, 0) is 31.4 Å². The van der Waals surface area contributed by atoms with Crippen LogP contribution in [0.4, 0.5) is 22.4 Å². The Morgan fingerprint density at radius 3 is 2.63 bits per heavy atom. The fourth-order valence-corrected chi connectivity index (χ4v) is 5.40. The van der Waals surface area contributed by atoms with Gasteiger partial charge >= 0.3 is 12.2 Å². The van der Waals surface area contributed by atoms with E-state index < -0.39 is 17.6 Å². The first-order valence-corrected chi connectivity index (χ1v) is 11.7. The van der Waals surface area contributed by atoms with Crippen LogP contribution in [-0.4, -0.2) is 85.0 Å². The normalized spacial score (nSPS) is 31.1. The van der Waals surface area contributed by atoms with Gasteiger partial charge in [-0.3, -0.25) is 4.79 Å². The fourth-order valence-electron chi connectivity index (χ4n) is 5.40. The van der Waals surface area contributed by atoms with Crippen LogP contribution in [-0.2, 0) is 31.8 Å². The first-order valence-electron chi connectivity index (χ1n) is 11.7. The Hall–Kier alpha value is -2.44. The number of fused-ring (bicyclic) bond motifs is 3. The van der Waals surface area contributed by atoms with Crippen molar-refractivity contribution in [2.75, 3.05) is 32.9 Å². The van der Waals surface area contributed by atoms with E-state index in [9.17, 15) is 27.2 Å². The molecule has 0 radical (unpaired) electrons. The predicted molar refractivity (Wildman–Crippen MR) is 113 cm³/mol. The molecule has 4 saturated heterocycles. The number of piperidine rings is 2. The molecule has 0 spiro atoms. The summed E-state index contributed by atoms with van der Waals surface area (Å²) in [6, 6.07) is 1.61. The average Bonchev–Trinajstić information content (AvgIpc) is 2.81. The summed E-state index contributed by atoms with van der Waals surface area (Å²) in [5.41, 5.74) is -0.988. The number of urea groups is 1. The number of halogens is 4. The average molecular weight is 501 g/mol. The highest BCUT2D eigenvalue weighted by molar-refractivity contribution is 5.79. The van der Waals surface area contributed by atoms with E-state index >= 15 is 0 Å². The molecule has 4 heterocycles. The second kappa shape index (κ2) is 9.55. The quantitative estimate of drug-likeness (QED) is 0.644. The highest BCUT2D eigenvalue weighted by Crippen LogP contribution is 2.33. The number of nitrogens with one attached hydrogen (secondary N) is 1. The Labute approximate surface area is 199 Å². The fraction of sp³-hybridized carbons (Fsp3) is 0.652. The SMILES string of the molecule is O=C1CO[C@H]2CCN(C(=O)N3[C@@H]4COC[C@H]3CC(OCc3ccc(C(F)(F)F)cc3F)C4)C[C@H]2N1. The van der Waals surface area contributed by atoms with Crippen molar-refractivity contribution in [1.29, 1.82) is 0 Å². The number of ether oxygens (including phenoxy) is 3. The molecule has 1 aromatic rings. The summed E-state index contributed by atoms with van der Waals surface area (Å²) in [5, 5.41) is 2.90. The van der Waals surface area contributed by atoms with Gasteiger partial charge in [0.1, 0.15) is 12.4 Å². The van der Waals surface area contributed by atoms with Gasteiger partial charge in [-0.15, -0.1) is 0 Å². The molecule has 0 saturated carbocycles. The Balaban J connectivity index is 1.20. The van der Waals surface area contributed by atoms with Crippen molar-refractivity contribution in [3.05, 3.63) is 35.1 Å². The molecular weight excluding hydrogens is 474 g/mol. The van der Waals surface area contributed by atoms with Gasteiger partial charge in [0.15, 0.2) is 0 Å². The zero-order valence-corrected chi connectivity index (χ0v) is 18.9. The summed E-state index contributed by atoms with van der Waals surface area (Å²) in [6.07, 6.45) is -3.39. The monoisotopic (exact) mass is 501 g/mol. The van der Waals surface area contributed by atoms with Crippen LogP contribution in [0.1, 0.15) is 30.4 Å². The molecule has 1 aromatic carbocycles. The minimum Gasteiger partial charge on any atom is -0.377 e. The van der Waals surface area contributed by atoms with Gasteiger partial charge in [0.05, 0.1) is 55.7 Å². The lowest BCUT2D eigenvalue weighted by molar-refractivity contribution is -0.140. The third-order valence-electron chi connectivity index (χ3n) is 7.15.